The molecule has 4 nitrogen and oxygen atoms in total. The van der Waals surface area contributed by atoms with E-state index in [1.54, 1.807) is 6.07 Å². The van der Waals surface area contributed by atoms with E-state index in [4.69, 9.17) is 0 Å². The number of halogens is 1. The number of nitrogens with zero attached hydrogens (tertiary/aromatic N) is 3. The Hall–Kier alpha value is -1.65. The highest BCUT2D eigenvalue weighted by Gasteiger charge is 2.45. The van der Waals surface area contributed by atoms with Gasteiger partial charge in [0.15, 0.2) is 5.65 Å². The average Bonchev–Trinajstić information content (AvgIpc) is 3.02. The largest absolute Gasteiger partial charge is 0.352 e. The van der Waals surface area contributed by atoms with Crippen molar-refractivity contribution in [1.29, 1.82) is 0 Å². The molecule has 1 aliphatic rings. The number of aromatic nitrogens is 3. The molecule has 2 aromatic heterocycles. The van der Waals surface area contributed by atoms with E-state index in [2.05, 4.69) is 29.2 Å². The second-order valence-corrected chi connectivity index (χ2v) is 5.46. The highest BCUT2D eigenvalue weighted by Crippen LogP contribution is 2.51. The van der Waals surface area contributed by atoms with Gasteiger partial charge in [0.1, 0.15) is 5.82 Å². The molecule has 18 heavy (non-hydrogen) atoms. The molecule has 1 N–H and O–H groups in total. The maximum Gasteiger partial charge on any atom is 0.243 e. The molecule has 2 heterocycles. The summed E-state index contributed by atoms with van der Waals surface area (Å²) in [5, 5.41) is 7.49. The predicted molar refractivity (Wildman–Crippen MR) is 67.9 cm³/mol. The first-order chi connectivity index (χ1) is 8.59. The zero-order valence-corrected chi connectivity index (χ0v) is 10.7. The lowest BCUT2D eigenvalue weighted by Crippen LogP contribution is -2.21. The fourth-order valence-corrected chi connectivity index (χ4v) is 2.31. The van der Waals surface area contributed by atoms with E-state index in [0.717, 1.165) is 6.54 Å². The van der Waals surface area contributed by atoms with Gasteiger partial charge in [0.2, 0.25) is 5.95 Å². The van der Waals surface area contributed by atoms with Crippen LogP contribution in [-0.2, 0) is 0 Å². The van der Waals surface area contributed by atoms with Crippen LogP contribution < -0.4 is 5.32 Å². The van der Waals surface area contributed by atoms with Crippen LogP contribution in [0.3, 0.4) is 0 Å². The average molecular weight is 248 g/mol. The summed E-state index contributed by atoms with van der Waals surface area (Å²) in [6, 6.07) is 3.02. The minimum Gasteiger partial charge on any atom is -0.352 e. The molecule has 1 saturated carbocycles. The van der Waals surface area contributed by atoms with Gasteiger partial charge in [-0.2, -0.15) is 4.98 Å². The number of hydrogen-bond donors (Lipinski definition) is 1. The summed E-state index contributed by atoms with van der Waals surface area (Å²) >= 11 is 0. The van der Waals surface area contributed by atoms with Crippen molar-refractivity contribution in [3.05, 3.63) is 24.1 Å². The monoisotopic (exact) mass is 248 g/mol. The molecule has 0 spiro atoms. The molecule has 96 valence electrons. The fourth-order valence-electron chi connectivity index (χ4n) is 2.31. The number of fused-ring (bicyclic) bond motifs is 1. The van der Waals surface area contributed by atoms with Crippen LogP contribution in [0.25, 0.3) is 5.65 Å². The van der Waals surface area contributed by atoms with Crippen molar-refractivity contribution in [2.75, 3.05) is 11.9 Å². The molecule has 0 saturated heterocycles. The van der Waals surface area contributed by atoms with Gasteiger partial charge in [-0.25, -0.2) is 8.91 Å². The highest BCUT2D eigenvalue weighted by atomic mass is 19.1. The van der Waals surface area contributed by atoms with Crippen molar-refractivity contribution in [3.8, 4) is 0 Å². The molecular weight excluding hydrogens is 231 g/mol. The lowest BCUT2D eigenvalue weighted by Gasteiger charge is -2.19. The van der Waals surface area contributed by atoms with E-state index in [9.17, 15) is 4.39 Å². The molecule has 0 bridgehead atoms. The number of pyridine rings is 1. The summed E-state index contributed by atoms with van der Waals surface area (Å²) in [5.74, 6) is 0.937. The zero-order chi connectivity index (χ0) is 12.8. The maximum absolute atomic E-state index is 13.0. The van der Waals surface area contributed by atoms with Gasteiger partial charge < -0.3 is 5.32 Å². The van der Waals surface area contributed by atoms with Crippen molar-refractivity contribution in [2.24, 2.45) is 11.3 Å². The van der Waals surface area contributed by atoms with E-state index >= 15 is 0 Å². The first-order valence-corrected chi connectivity index (χ1v) is 6.35. The van der Waals surface area contributed by atoms with E-state index in [1.807, 2.05) is 0 Å². The van der Waals surface area contributed by atoms with Gasteiger partial charge in [-0.05, 0) is 36.3 Å². The molecule has 0 aliphatic heterocycles. The third-order valence-corrected chi connectivity index (χ3v) is 4.01. The minimum atomic E-state index is -0.306. The Bertz CT molecular complexity index is 571. The Morgan fingerprint density at radius 2 is 2.22 bits per heavy atom. The first-order valence-electron chi connectivity index (χ1n) is 6.35. The minimum absolute atomic E-state index is 0.306. The summed E-state index contributed by atoms with van der Waals surface area (Å²) in [5.41, 5.74) is 1.07. The SMILES string of the molecule is CC(C)C1(CNc2nc3ccc(F)cn3n2)CC1. The molecule has 2 aromatic rings. The second-order valence-electron chi connectivity index (χ2n) is 5.46. The zero-order valence-electron chi connectivity index (χ0n) is 10.7. The quantitative estimate of drug-likeness (QED) is 0.904. The molecule has 0 amide bonds. The summed E-state index contributed by atoms with van der Waals surface area (Å²) in [7, 11) is 0. The molecule has 0 aromatic carbocycles. The molecule has 0 unspecified atom stereocenters. The van der Waals surface area contributed by atoms with Crippen LogP contribution in [-0.4, -0.2) is 21.1 Å². The van der Waals surface area contributed by atoms with Gasteiger partial charge in [0.25, 0.3) is 0 Å². The van der Waals surface area contributed by atoms with Crippen LogP contribution in [0.2, 0.25) is 0 Å². The van der Waals surface area contributed by atoms with Gasteiger partial charge in [0, 0.05) is 6.54 Å². The molecule has 0 atom stereocenters. The van der Waals surface area contributed by atoms with Gasteiger partial charge >= 0.3 is 0 Å². The second kappa shape index (κ2) is 3.93. The van der Waals surface area contributed by atoms with Gasteiger partial charge in [-0.15, -0.1) is 5.10 Å². The molecule has 3 rings (SSSR count). The lowest BCUT2D eigenvalue weighted by atomic mass is 9.92. The standard InChI is InChI=1S/C13H17FN4/c1-9(2)13(5-6-13)8-15-12-16-11-4-3-10(14)7-18(11)17-12/h3-4,7,9H,5-6,8H2,1-2H3,(H,15,17). The third kappa shape index (κ3) is 1.94. The predicted octanol–water partition coefficient (Wildman–Crippen LogP) is 2.72. The Morgan fingerprint density at radius 1 is 1.44 bits per heavy atom. The van der Waals surface area contributed by atoms with E-state index in [-0.39, 0.29) is 5.82 Å². The Balaban J connectivity index is 1.75. The van der Waals surface area contributed by atoms with Crippen LogP contribution >= 0.6 is 0 Å². The van der Waals surface area contributed by atoms with E-state index in [1.165, 1.54) is 29.6 Å². The van der Waals surface area contributed by atoms with Crippen molar-refractivity contribution >= 4 is 11.6 Å². The van der Waals surface area contributed by atoms with Crippen LogP contribution in [0.4, 0.5) is 10.3 Å². The molecule has 0 radical (unpaired) electrons. The summed E-state index contributed by atoms with van der Waals surface area (Å²) in [6.45, 7) is 5.40. The van der Waals surface area contributed by atoms with Crippen LogP contribution in [0.15, 0.2) is 18.3 Å². The van der Waals surface area contributed by atoms with Gasteiger partial charge in [-0.1, -0.05) is 13.8 Å². The van der Waals surface area contributed by atoms with Crippen molar-refractivity contribution < 1.29 is 4.39 Å². The molecular formula is C13H17FN4. The van der Waals surface area contributed by atoms with E-state index in [0.29, 0.717) is 22.9 Å². The van der Waals surface area contributed by atoms with Crippen molar-refractivity contribution in [3.63, 3.8) is 0 Å². The summed E-state index contributed by atoms with van der Waals surface area (Å²) in [6.07, 6.45) is 3.86. The van der Waals surface area contributed by atoms with Crippen LogP contribution in [0.5, 0.6) is 0 Å². The Morgan fingerprint density at radius 3 is 2.89 bits per heavy atom. The number of nitrogens with one attached hydrogen (secondary N) is 1. The Kier molecular flexibility index (Phi) is 2.50. The topological polar surface area (TPSA) is 42.2 Å². The van der Waals surface area contributed by atoms with Crippen LogP contribution in [0, 0.1) is 17.2 Å². The highest BCUT2D eigenvalue weighted by molar-refractivity contribution is 5.43. The smallest absolute Gasteiger partial charge is 0.243 e. The number of hydrogen-bond acceptors (Lipinski definition) is 3. The van der Waals surface area contributed by atoms with E-state index < -0.39 is 0 Å². The molecule has 1 fully saturated rings. The molecule has 1 aliphatic carbocycles. The van der Waals surface area contributed by atoms with Crippen molar-refractivity contribution in [2.45, 2.75) is 26.7 Å². The Labute approximate surface area is 105 Å². The summed E-state index contributed by atoms with van der Waals surface area (Å²) in [4.78, 5) is 4.32. The van der Waals surface area contributed by atoms with Crippen molar-refractivity contribution in [1.82, 2.24) is 14.6 Å². The summed E-state index contributed by atoms with van der Waals surface area (Å²) < 4.78 is 14.5. The first kappa shape index (κ1) is 11.4. The lowest BCUT2D eigenvalue weighted by molar-refractivity contribution is 0.379. The van der Waals surface area contributed by atoms with Gasteiger partial charge in [0.05, 0.1) is 6.20 Å². The number of anilines is 1. The van der Waals surface area contributed by atoms with Gasteiger partial charge in [-0.3, -0.25) is 0 Å². The normalized spacial score (nSPS) is 17.3. The number of rotatable bonds is 4. The third-order valence-electron chi connectivity index (χ3n) is 4.01. The molecule has 5 heteroatoms. The fraction of sp³-hybridized carbons (Fsp3) is 0.538. The maximum atomic E-state index is 13.0. The van der Waals surface area contributed by atoms with Crippen LogP contribution in [0.1, 0.15) is 26.7 Å².